The van der Waals surface area contributed by atoms with E-state index in [0.717, 1.165) is 15.2 Å². The zero-order valence-corrected chi connectivity index (χ0v) is 15.5. The van der Waals surface area contributed by atoms with E-state index in [1.165, 1.54) is 24.3 Å². The third-order valence-corrected chi connectivity index (χ3v) is 5.10. The first-order chi connectivity index (χ1) is 10.3. The molecule has 0 amide bonds. The van der Waals surface area contributed by atoms with Crippen molar-refractivity contribution >= 4 is 47.5 Å². The standard InChI is InChI=1S/C15H12Br2O4S/c1-22(19,20)12-5-2-10(3-6-12)14(18)9-21-15-7-4-11(16)8-13(15)17/h2-8H,9H2,1H3. The number of hydrogen-bond donors (Lipinski definition) is 0. The predicted octanol–water partition coefficient (Wildman–Crippen LogP) is 3.88. The van der Waals surface area contributed by atoms with Crippen LogP contribution in [0, 0.1) is 0 Å². The van der Waals surface area contributed by atoms with E-state index < -0.39 is 9.84 Å². The molecular weight excluding hydrogens is 436 g/mol. The number of carbonyl (C=O) groups excluding carboxylic acids is 1. The highest BCUT2D eigenvalue weighted by atomic mass is 79.9. The van der Waals surface area contributed by atoms with Crippen molar-refractivity contribution in [2.24, 2.45) is 0 Å². The fraction of sp³-hybridized carbons (Fsp3) is 0.133. The van der Waals surface area contributed by atoms with Gasteiger partial charge in [-0.15, -0.1) is 0 Å². The number of carbonyl (C=O) groups is 1. The molecule has 4 nitrogen and oxygen atoms in total. The van der Waals surface area contributed by atoms with Crippen molar-refractivity contribution < 1.29 is 17.9 Å². The van der Waals surface area contributed by atoms with Gasteiger partial charge in [0.1, 0.15) is 5.75 Å². The van der Waals surface area contributed by atoms with Gasteiger partial charge in [0.2, 0.25) is 0 Å². The van der Waals surface area contributed by atoms with Crippen LogP contribution in [0.25, 0.3) is 0 Å². The number of hydrogen-bond acceptors (Lipinski definition) is 4. The normalized spacial score (nSPS) is 11.2. The van der Waals surface area contributed by atoms with E-state index in [-0.39, 0.29) is 17.3 Å². The first-order valence-electron chi connectivity index (χ1n) is 6.18. The molecule has 0 spiro atoms. The minimum absolute atomic E-state index is 0.127. The van der Waals surface area contributed by atoms with Gasteiger partial charge in [0.05, 0.1) is 9.37 Å². The predicted molar refractivity (Wildman–Crippen MR) is 91.2 cm³/mol. The third kappa shape index (κ3) is 4.41. The van der Waals surface area contributed by atoms with Gasteiger partial charge in [-0.1, -0.05) is 15.9 Å². The van der Waals surface area contributed by atoms with E-state index in [9.17, 15) is 13.2 Å². The van der Waals surface area contributed by atoms with Gasteiger partial charge >= 0.3 is 0 Å². The molecule has 2 aromatic rings. The van der Waals surface area contributed by atoms with Crippen molar-refractivity contribution in [1.82, 2.24) is 0 Å². The number of ether oxygens (including phenoxy) is 1. The van der Waals surface area contributed by atoms with Gasteiger partial charge in [-0.25, -0.2) is 8.42 Å². The second-order valence-corrected chi connectivity index (χ2v) is 8.37. The lowest BCUT2D eigenvalue weighted by Crippen LogP contribution is -2.12. The Morgan fingerprint density at radius 3 is 2.27 bits per heavy atom. The maximum absolute atomic E-state index is 12.1. The van der Waals surface area contributed by atoms with Crippen LogP contribution < -0.4 is 4.74 Å². The molecule has 0 aliphatic rings. The molecule has 2 rings (SSSR count). The summed E-state index contributed by atoms with van der Waals surface area (Å²) in [6.07, 6.45) is 1.12. The number of rotatable bonds is 5. The van der Waals surface area contributed by atoms with Crippen LogP contribution in [0.4, 0.5) is 0 Å². The molecule has 0 atom stereocenters. The van der Waals surface area contributed by atoms with Gasteiger partial charge in [0.15, 0.2) is 22.2 Å². The molecule has 0 heterocycles. The summed E-state index contributed by atoms with van der Waals surface area (Å²) in [6, 6.07) is 11.2. The number of sulfone groups is 1. The number of halogens is 2. The Labute approximate surface area is 145 Å². The fourth-order valence-electron chi connectivity index (χ4n) is 1.71. The zero-order chi connectivity index (χ0) is 16.3. The Morgan fingerprint density at radius 2 is 1.73 bits per heavy atom. The molecule has 0 radical (unpaired) electrons. The molecular formula is C15H12Br2O4S. The van der Waals surface area contributed by atoms with Gasteiger partial charge in [-0.2, -0.15) is 0 Å². The molecule has 0 fully saturated rings. The van der Waals surface area contributed by atoms with Crippen molar-refractivity contribution in [2.45, 2.75) is 4.90 Å². The Balaban J connectivity index is 2.06. The van der Waals surface area contributed by atoms with Crippen molar-refractivity contribution in [3.05, 3.63) is 57.0 Å². The number of benzene rings is 2. The Kier molecular flexibility index (Phi) is 5.41. The molecule has 7 heteroatoms. The van der Waals surface area contributed by atoms with E-state index in [4.69, 9.17) is 4.74 Å². The first kappa shape index (κ1) is 17.2. The highest BCUT2D eigenvalue weighted by Gasteiger charge is 2.11. The minimum Gasteiger partial charge on any atom is -0.484 e. The van der Waals surface area contributed by atoms with Crippen LogP contribution in [0.3, 0.4) is 0 Å². The Hall–Kier alpha value is -1.18. The summed E-state index contributed by atoms with van der Waals surface area (Å²) in [5.74, 6) is 0.333. The van der Waals surface area contributed by atoms with E-state index in [2.05, 4.69) is 31.9 Å². The van der Waals surface area contributed by atoms with Crippen LogP contribution in [0.1, 0.15) is 10.4 Å². The molecule has 116 valence electrons. The summed E-state index contributed by atoms with van der Waals surface area (Å²) in [5.41, 5.74) is 0.403. The summed E-state index contributed by atoms with van der Waals surface area (Å²) in [6.45, 7) is -0.127. The lowest BCUT2D eigenvalue weighted by molar-refractivity contribution is 0.0921. The highest BCUT2D eigenvalue weighted by molar-refractivity contribution is 9.11. The van der Waals surface area contributed by atoms with Crippen molar-refractivity contribution in [3.63, 3.8) is 0 Å². The molecule has 0 aliphatic heterocycles. The maximum Gasteiger partial charge on any atom is 0.200 e. The topological polar surface area (TPSA) is 60.4 Å². The van der Waals surface area contributed by atoms with E-state index >= 15 is 0 Å². The van der Waals surface area contributed by atoms with Crippen molar-refractivity contribution in [1.29, 1.82) is 0 Å². The third-order valence-electron chi connectivity index (χ3n) is 2.86. The van der Waals surface area contributed by atoms with E-state index in [1.807, 2.05) is 12.1 Å². The van der Waals surface area contributed by atoms with Crippen LogP contribution in [-0.2, 0) is 9.84 Å². The van der Waals surface area contributed by atoms with Gasteiger partial charge in [0, 0.05) is 16.3 Å². The SMILES string of the molecule is CS(=O)(=O)c1ccc(C(=O)COc2ccc(Br)cc2Br)cc1. The quantitative estimate of drug-likeness (QED) is 0.652. The molecule has 2 aromatic carbocycles. The summed E-state index contributed by atoms with van der Waals surface area (Å²) in [7, 11) is -3.26. The van der Waals surface area contributed by atoms with E-state index in [1.54, 1.807) is 6.07 Å². The average molecular weight is 448 g/mol. The van der Waals surface area contributed by atoms with Gasteiger partial charge in [-0.05, 0) is 58.4 Å². The summed E-state index contributed by atoms with van der Waals surface area (Å²) in [5, 5.41) is 0. The largest absolute Gasteiger partial charge is 0.484 e. The molecule has 22 heavy (non-hydrogen) atoms. The van der Waals surface area contributed by atoms with Gasteiger partial charge < -0.3 is 4.74 Å². The summed E-state index contributed by atoms with van der Waals surface area (Å²) < 4.78 is 29.8. The average Bonchev–Trinajstić information content (AvgIpc) is 2.45. The number of Topliss-reactive ketones (excluding diaryl/α,β-unsaturated/α-hetero) is 1. The van der Waals surface area contributed by atoms with Gasteiger partial charge in [0.25, 0.3) is 0 Å². The number of ketones is 1. The Morgan fingerprint density at radius 1 is 1.09 bits per heavy atom. The molecule has 0 unspecified atom stereocenters. The maximum atomic E-state index is 12.1. The van der Waals surface area contributed by atoms with Crippen LogP contribution in [0.2, 0.25) is 0 Å². The van der Waals surface area contributed by atoms with Gasteiger partial charge in [-0.3, -0.25) is 4.79 Å². The second-order valence-electron chi connectivity index (χ2n) is 4.58. The van der Waals surface area contributed by atoms with Crippen LogP contribution in [0.5, 0.6) is 5.75 Å². The summed E-state index contributed by atoms with van der Waals surface area (Å²) >= 11 is 6.69. The molecule has 0 saturated heterocycles. The lowest BCUT2D eigenvalue weighted by Gasteiger charge is -2.08. The molecule has 0 N–H and O–H groups in total. The monoisotopic (exact) mass is 446 g/mol. The molecule has 0 bridgehead atoms. The summed E-state index contributed by atoms with van der Waals surface area (Å²) in [4.78, 5) is 12.2. The van der Waals surface area contributed by atoms with Crippen molar-refractivity contribution in [3.8, 4) is 5.75 Å². The minimum atomic E-state index is -3.26. The van der Waals surface area contributed by atoms with Crippen LogP contribution in [-0.4, -0.2) is 27.1 Å². The smallest absolute Gasteiger partial charge is 0.200 e. The van der Waals surface area contributed by atoms with Crippen LogP contribution in [0.15, 0.2) is 56.3 Å². The zero-order valence-electron chi connectivity index (χ0n) is 11.5. The lowest BCUT2D eigenvalue weighted by atomic mass is 10.1. The van der Waals surface area contributed by atoms with Crippen molar-refractivity contribution in [2.75, 3.05) is 12.9 Å². The Bertz CT molecular complexity index is 799. The highest BCUT2D eigenvalue weighted by Crippen LogP contribution is 2.28. The van der Waals surface area contributed by atoms with Crippen LogP contribution >= 0.6 is 31.9 Å². The molecule has 0 saturated carbocycles. The molecule has 0 aliphatic carbocycles. The first-order valence-corrected chi connectivity index (χ1v) is 9.66. The molecule has 0 aromatic heterocycles. The second kappa shape index (κ2) is 6.93. The fourth-order valence-corrected chi connectivity index (χ4v) is 3.50. The van der Waals surface area contributed by atoms with E-state index in [0.29, 0.717) is 11.3 Å².